The van der Waals surface area contributed by atoms with E-state index in [1.807, 2.05) is 0 Å². The number of ether oxygens (including phenoxy) is 1. The summed E-state index contributed by atoms with van der Waals surface area (Å²) in [6.07, 6.45) is -0.399. The summed E-state index contributed by atoms with van der Waals surface area (Å²) < 4.78 is 43.6. The number of alkyl halides is 3. The molecule has 1 aromatic carbocycles. The Bertz CT molecular complexity index is 419. The molecule has 0 aliphatic heterocycles. The predicted octanol–water partition coefficient (Wildman–Crippen LogP) is 3.60. The summed E-state index contributed by atoms with van der Waals surface area (Å²) in [5, 5.41) is 0. The largest absolute Gasteiger partial charge is 0.490 e. The summed E-state index contributed by atoms with van der Waals surface area (Å²) in [4.78, 5) is 0. The van der Waals surface area contributed by atoms with E-state index in [1.54, 1.807) is 6.07 Å². The quantitative estimate of drug-likeness (QED) is 0.913. The summed E-state index contributed by atoms with van der Waals surface area (Å²) in [5.74, 6) is 0.517. The third-order valence-electron chi connectivity index (χ3n) is 3.59. The summed E-state index contributed by atoms with van der Waals surface area (Å²) in [7, 11) is 0. The molecule has 0 spiro atoms. The minimum Gasteiger partial charge on any atom is -0.490 e. The fourth-order valence-corrected chi connectivity index (χ4v) is 2.52. The lowest BCUT2D eigenvalue weighted by Gasteiger charge is -2.31. The molecule has 2 atom stereocenters. The zero-order valence-electron chi connectivity index (χ0n) is 10.6. The Morgan fingerprint density at radius 3 is 2.63 bits per heavy atom. The molecular weight excluding hydrogens is 255 g/mol. The van der Waals surface area contributed by atoms with Gasteiger partial charge in [0.05, 0.1) is 5.56 Å². The monoisotopic (exact) mass is 273 g/mol. The van der Waals surface area contributed by atoms with Crippen LogP contribution in [0.3, 0.4) is 0 Å². The zero-order chi connectivity index (χ0) is 13.9. The topological polar surface area (TPSA) is 35.2 Å². The van der Waals surface area contributed by atoms with Crippen molar-refractivity contribution in [3.63, 3.8) is 0 Å². The molecule has 0 bridgehead atoms. The van der Waals surface area contributed by atoms with E-state index in [9.17, 15) is 13.2 Å². The van der Waals surface area contributed by atoms with Crippen LogP contribution in [0.5, 0.6) is 5.75 Å². The van der Waals surface area contributed by atoms with Crippen molar-refractivity contribution < 1.29 is 17.9 Å². The molecule has 2 unspecified atom stereocenters. The van der Waals surface area contributed by atoms with Crippen LogP contribution < -0.4 is 10.5 Å². The smallest absolute Gasteiger partial charge is 0.416 e. The number of rotatable bonds is 3. The van der Waals surface area contributed by atoms with Crippen LogP contribution in [-0.2, 0) is 6.18 Å². The molecular formula is C14H18F3NO. The first-order chi connectivity index (χ1) is 9.00. The van der Waals surface area contributed by atoms with Gasteiger partial charge in [0, 0.05) is 5.92 Å². The van der Waals surface area contributed by atoms with Gasteiger partial charge in [-0.15, -0.1) is 0 Å². The van der Waals surface area contributed by atoms with Gasteiger partial charge in [0.25, 0.3) is 0 Å². The van der Waals surface area contributed by atoms with Crippen LogP contribution in [0, 0.1) is 5.92 Å². The van der Waals surface area contributed by atoms with Gasteiger partial charge in [0.1, 0.15) is 11.9 Å². The lowest BCUT2D eigenvalue weighted by Crippen LogP contribution is -2.35. The summed E-state index contributed by atoms with van der Waals surface area (Å²) in [6.45, 7) is 0.517. The molecule has 106 valence electrons. The minimum absolute atomic E-state index is 0.0674. The third-order valence-corrected chi connectivity index (χ3v) is 3.59. The van der Waals surface area contributed by atoms with Crippen LogP contribution >= 0.6 is 0 Å². The maximum Gasteiger partial charge on any atom is 0.416 e. The van der Waals surface area contributed by atoms with E-state index < -0.39 is 11.7 Å². The molecule has 0 amide bonds. The highest BCUT2D eigenvalue weighted by Crippen LogP contribution is 2.33. The van der Waals surface area contributed by atoms with Crippen LogP contribution in [0.25, 0.3) is 0 Å². The van der Waals surface area contributed by atoms with Crippen molar-refractivity contribution in [1.29, 1.82) is 0 Å². The lowest BCUT2D eigenvalue weighted by molar-refractivity contribution is -0.137. The number of hydrogen-bond donors (Lipinski definition) is 1. The van der Waals surface area contributed by atoms with Gasteiger partial charge in [-0.1, -0.05) is 12.5 Å². The van der Waals surface area contributed by atoms with Crippen molar-refractivity contribution in [1.82, 2.24) is 0 Å². The maximum atomic E-state index is 12.6. The van der Waals surface area contributed by atoms with Gasteiger partial charge in [0.15, 0.2) is 0 Å². The van der Waals surface area contributed by atoms with E-state index in [0.717, 1.165) is 37.8 Å². The molecule has 1 aliphatic rings. The highest BCUT2D eigenvalue weighted by molar-refractivity contribution is 5.30. The Kier molecular flexibility index (Phi) is 4.34. The second-order valence-electron chi connectivity index (χ2n) is 4.96. The average molecular weight is 273 g/mol. The Hall–Kier alpha value is -1.23. The van der Waals surface area contributed by atoms with Crippen molar-refractivity contribution >= 4 is 0 Å². The molecule has 2 N–H and O–H groups in total. The number of hydrogen-bond acceptors (Lipinski definition) is 2. The second-order valence-corrected chi connectivity index (χ2v) is 4.96. The van der Waals surface area contributed by atoms with Crippen molar-refractivity contribution in [2.24, 2.45) is 11.7 Å². The molecule has 0 aromatic heterocycles. The third kappa shape index (κ3) is 3.62. The van der Waals surface area contributed by atoms with E-state index in [2.05, 4.69) is 0 Å². The average Bonchev–Trinajstić information content (AvgIpc) is 2.39. The van der Waals surface area contributed by atoms with Crippen LogP contribution in [0.2, 0.25) is 0 Å². The van der Waals surface area contributed by atoms with Gasteiger partial charge in [-0.25, -0.2) is 0 Å². The summed E-state index contributed by atoms with van der Waals surface area (Å²) in [6, 6.07) is 5.05. The maximum absolute atomic E-state index is 12.6. The molecule has 19 heavy (non-hydrogen) atoms. The normalized spacial score (nSPS) is 24.2. The number of benzene rings is 1. The molecule has 0 heterocycles. The standard InChI is InChI=1S/C14H18F3NO/c15-14(16,17)11-5-3-6-12(8-11)19-13-7-2-1-4-10(13)9-18/h3,5-6,8,10,13H,1-2,4,7,9,18H2. The highest BCUT2D eigenvalue weighted by Gasteiger charge is 2.31. The first-order valence-electron chi connectivity index (χ1n) is 6.54. The second kappa shape index (κ2) is 5.82. The number of halogens is 3. The number of nitrogens with two attached hydrogens (primary N) is 1. The first-order valence-corrected chi connectivity index (χ1v) is 6.54. The van der Waals surface area contributed by atoms with E-state index in [0.29, 0.717) is 6.54 Å². The van der Waals surface area contributed by atoms with E-state index in [1.165, 1.54) is 6.07 Å². The molecule has 0 saturated heterocycles. The van der Waals surface area contributed by atoms with Crippen molar-refractivity contribution in [3.05, 3.63) is 29.8 Å². The molecule has 1 aliphatic carbocycles. The van der Waals surface area contributed by atoms with Gasteiger partial charge in [0.2, 0.25) is 0 Å². The van der Waals surface area contributed by atoms with E-state index in [4.69, 9.17) is 10.5 Å². The van der Waals surface area contributed by atoms with Crippen LogP contribution in [-0.4, -0.2) is 12.6 Å². The van der Waals surface area contributed by atoms with Crippen LogP contribution in [0.1, 0.15) is 31.2 Å². The van der Waals surface area contributed by atoms with Crippen molar-refractivity contribution in [2.45, 2.75) is 38.0 Å². The Morgan fingerprint density at radius 2 is 1.95 bits per heavy atom. The summed E-state index contributed by atoms with van der Waals surface area (Å²) >= 11 is 0. The molecule has 2 nitrogen and oxygen atoms in total. The van der Waals surface area contributed by atoms with Gasteiger partial charge >= 0.3 is 6.18 Å². The fraction of sp³-hybridized carbons (Fsp3) is 0.571. The predicted molar refractivity (Wildman–Crippen MR) is 66.9 cm³/mol. The molecule has 1 fully saturated rings. The van der Waals surface area contributed by atoms with Crippen molar-refractivity contribution in [3.8, 4) is 5.75 Å². The van der Waals surface area contributed by atoms with Gasteiger partial charge < -0.3 is 10.5 Å². The fourth-order valence-electron chi connectivity index (χ4n) is 2.52. The van der Waals surface area contributed by atoms with Crippen molar-refractivity contribution in [2.75, 3.05) is 6.54 Å². The zero-order valence-corrected chi connectivity index (χ0v) is 10.6. The molecule has 5 heteroatoms. The van der Waals surface area contributed by atoms with Gasteiger partial charge in [-0.05, 0) is 44.0 Å². The van der Waals surface area contributed by atoms with Crippen LogP contribution in [0.4, 0.5) is 13.2 Å². The minimum atomic E-state index is -4.33. The molecule has 1 aromatic rings. The molecule has 2 rings (SSSR count). The van der Waals surface area contributed by atoms with Gasteiger partial charge in [-0.2, -0.15) is 13.2 Å². The SMILES string of the molecule is NCC1CCCCC1Oc1cccc(C(F)(F)F)c1. The Morgan fingerprint density at radius 1 is 1.21 bits per heavy atom. The van der Waals surface area contributed by atoms with Gasteiger partial charge in [-0.3, -0.25) is 0 Å². The summed E-state index contributed by atoms with van der Waals surface area (Å²) in [5.41, 5.74) is 5.01. The molecule has 0 radical (unpaired) electrons. The Labute approximate surface area is 110 Å². The molecule has 1 saturated carbocycles. The first kappa shape index (κ1) is 14.2. The lowest BCUT2D eigenvalue weighted by atomic mass is 9.86. The van der Waals surface area contributed by atoms with E-state index in [-0.39, 0.29) is 17.8 Å². The highest BCUT2D eigenvalue weighted by atomic mass is 19.4. The van der Waals surface area contributed by atoms with E-state index >= 15 is 0 Å². The Balaban J connectivity index is 2.10. The van der Waals surface area contributed by atoms with Crippen LogP contribution in [0.15, 0.2) is 24.3 Å².